The Bertz CT molecular complexity index is 738. The van der Waals surface area contributed by atoms with E-state index >= 15 is 0 Å². The Hall–Kier alpha value is -3.06. The first-order valence-electron chi connectivity index (χ1n) is 6.75. The minimum Gasteiger partial charge on any atom is -0.480 e. The zero-order valence-electron chi connectivity index (χ0n) is 12.0. The molecule has 7 nitrogen and oxygen atoms in total. The number of ketones is 1. The Morgan fingerprint density at radius 3 is 1.96 bits per heavy atom. The van der Waals surface area contributed by atoms with E-state index in [0.717, 1.165) is 0 Å². The van der Waals surface area contributed by atoms with Gasteiger partial charge in [0, 0.05) is 23.3 Å². The predicted octanol–water partition coefficient (Wildman–Crippen LogP) is 1.78. The van der Waals surface area contributed by atoms with Crippen molar-refractivity contribution in [2.75, 3.05) is 0 Å². The largest absolute Gasteiger partial charge is 0.480 e. The van der Waals surface area contributed by atoms with Crippen molar-refractivity contribution in [3.8, 4) is 0 Å². The number of hydrogen-bond donors (Lipinski definition) is 2. The van der Waals surface area contributed by atoms with Crippen molar-refractivity contribution in [3.63, 3.8) is 0 Å². The topological polar surface area (TPSA) is 124 Å². The monoisotopic (exact) mass is 314 g/mol. The van der Waals surface area contributed by atoms with Crippen molar-refractivity contribution in [1.29, 1.82) is 0 Å². The van der Waals surface area contributed by atoms with E-state index in [4.69, 9.17) is 10.8 Å². The second-order valence-corrected chi connectivity index (χ2v) is 4.98. The van der Waals surface area contributed by atoms with Crippen LogP contribution < -0.4 is 5.73 Å². The molecule has 118 valence electrons. The summed E-state index contributed by atoms with van der Waals surface area (Å²) in [7, 11) is 0. The maximum atomic E-state index is 12.3. The van der Waals surface area contributed by atoms with E-state index < -0.39 is 16.9 Å². The van der Waals surface area contributed by atoms with E-state index in [-0.39, 0.29) is 17.9 Å². The molecule has 7 heteroatoms. The Balaban J connectivity index is 2.13. The van der Waals surface area contributed by atoms with Gasteiger partial charge in [-0.2, -0.15) is 0 Å². The number of nitro benzene ring substituents is 1. The number of non-ortho nitro benzene ring substituents is 1. The molecule has 2 aromatic rings. The predicted molar refractivity (Wildman–Crippen MR) is 82.3 cm³/mol. The summed E-state index contributed by atoms with van der Waals surface area (Å²) >= 11 is 0. The Morgan fingerprint density at radius 1 is 1.04 bits per heavy atom. The van der Waals surface area contributed by atoms with Crippen LogP contribution in [0.25, 0.3) is 0 Å². The van der Waals surface area contributed by atoms with Crippen LogP contribution in [0.2, 0.25) is 0 Å². The Kier molecular flexibility index (Phi) is 4.82. The second-order valence-electron chi connectivity index (χ2n) is 4.98. The molecule has 0 aliphatic rings. The van der Waals surface area contributed by atoms with Gasteiger partial charge in [-0.15, -0.1) is 0 Å². The zero-order valence-corrected chi connectivity index (χ0v) is 12.0. The van der Waals surface area contributed by atoms with Crippen LogP contribution in [0.5, 0.6) is 0 Å². The number of aliphatic carboxylic acids is 1. The number of carbonyl (C=O) groups excluding carboxylic acids is 1. The summed E-state index contributed by atoms with van der Waals surface area (Å²) in [6.45, 7) is 0. The summed E-state index contributed by atoms with van der Waals surface area (Å²) in [6, 6.07) is 10.8. The van der Waals surface area contributed by atoms with E-state index in [1.807, 2.05) is 0 Å². The minimum absolute atomic E-state index is 0.0837. The Labute approximate surface area is 131 Å². The number of benzene rings is 2. The van der Waals surface area contributed by atoms with Crippen LogP contribution in [0.1, 0.15) is 21.5 Å². The lowest BCUT2D eigenvalue weighted by molar-refractivity contribution is -0.384. The molecule has 0 aliphatic heterocycles. The van der Waals surface area contributed by atoms with Crippen molar-refractivity contribution in [2.45, 2.75) is 12.5 Å². The fraction of sp³-hybridized carbons (Fsp3) is 0.125. The third-order valence-electron chi connectivity index (χ3n) is 3.33. The second kappa shape index (κ2) is 6.80. The van der Waals surface area contributed by atoms with Gasteiger partial charge in [-0.3, -0.25) is 19.7 Å². The van der Waals surface area contributed by atoms with E-state index in [1.54, 1.807) is 24.3 Å². The zero-order chi connectivity index (χ0) is 17.0. The average molecular weight is 314 g/mol. The number of rotatable bonds is 6. The van der Waals surface area contributed by atoms with E-state index in [2.05, 4.69) is 0 Å². The van der Waals surface area contributed by atoms with Crippen LogP contribution in [-0.2, 0) is 11.2 Å². The fourth-order valence-electron chi connectivity index (χ4n) is 2.03. The highest BCUT2D eigenvalue weighted by atomic mass is 16.6. The van der Waals surface area contributed by atoms with Gasteiger partial charge in [0.05, 0.1) is 4.92 Å². The molecule has 3 N–H and O–H groups in total. The van der Waals surface area contributed by atoms with Crippen molar-refractivity contribution >= 4 is 17.4 Å². The maximum absolute atomic E-state index is 12.3. The summed E-state index contributed by atoms with van der Waals surface area (Å²) in [5.41, 5.74) is 6.83. The molecule has 0 radical (unpaired) electrons. The van der Waals surface area contributed by atoms with Crippen LogP contribution >= 0.6 is 0 Å². The quantitative estimate of drug-likeness (QED) is 0.476. The molecule has 0 heterocycles. The number of carbonyl (C=O) groups is 2. The molecule has 0 spiro atoms. The summed E-state index contributed by atoms with van der Waals surface area (Å²) in [5.74, 6) is -1.36. The van der Waals surface area contributed by atoms with Crippen molar-refractivity contribution in [1.82, 2.24) is 0 Å². The molecular weight excluding hydrogens is 300 g/mol. The first-order valence-corrected chi connectivity index (χ1v) is 6.75. The van der Waals surface area contributed by atoms with Gasteiger partial charge < -0.3 is 10.8 Å². The highest BCUT2D eigenvalue weighted by molar-refractivity contribution is 6.09. The summed E-state index contributed by atoms with van der Waals surface area (Å²) in [4.78, 5) is 33.1. The van der Waals surface area contributed by atoms with E-state index in [9.17, 15) is 19.7 Å². The molecule has 0 amide bonds. The molecule has 0 aromatic heterocycles. The SMILES string of the molecule is N[C@@H](Cc1ccc(C(=O)c2ccc([N+](=O)[O-])cc2)cc1)C(=O)O. The van der Waals surface area contributed by atoms with Gasteiger partial charge in [0.1, 0.15) is 6.04 Å². The highest BCUT2D eigenvalue weighted by Gasteiger charge is 2.14. The molecule has 23 heavy (non-hydrogen) atoms. The number of nitrogens with zero attached hydrogens (tertiary/aromatic N) is 1. The van der Waals surface area contributed by atoms with Gasteiger partial charge in [-0.1, -0.05) is 24.3 Å². The Morgan fingerprint density at radius 2 is 1.52 bits per heavy atom. The van der Waals surface area contributed by atoms with Crippen molar-refractivity contribution < 1.29 is 19.6 Å². The van der Waals surface area contributed by atoms with E-state index in [1.165, 1.54) is 24.3 Å². The average Bonchev–Trinajstić information content (AvgIpc) is 2.55. The van der Waals surface area contributed by atoms with Gasteiger partial charge in [0.2, 0.25) is 0 Å². The molecule has 0 fully saturated rings. The summed E-state index contributed by atoms with van der Waals surface area (Å²) in [5, 5.41) is 19.4. The summed E-state index contributed by atoms with van der Waals surface area (Å²) < 4.78 is 0. The number of carboxylic acid groups (broad SMARTS) is 1. The van der Waals surface area contributed by atoms with Crippen LogP contribution in [0.4, 0.5) is 5.69 Å². The lowest BCUT2D eigenvalue weighted by Crippen LogP contribution is -2.32. The fourth-order valence-corrected chi connectivity index (χ4v) is 2.03. The van der Waals surface area contributed by atoms with Crippen molar-refractivity contribution in [2.24, 2.45) is 5.73 Å². The molecule has 0 saturated heterocycles. The molecule has 2 rings (SSSR count). The molecule has 2 aromatic carbocycles. The molecule has 0 unspecified atom stereocenters. The smallest absolute Gasteiger partial charge is 0.320 e. The van der Waals surface area contributed by atoms with Gasteiger partial charge in [-0.25, -0.2) is 0 Å². The standard InChI is InChI=1S/C16H14N2O5/c17-14(16(20)21)9-10-1-3-11(4-2-10)15(19)12-5-7-13(8-6-12)18(22)23/h1-8,14H,9,17H2,(H,20,21)/t14-/m0/s1. The number of carboxylic acids is 1. The first kappa shape index (κ1) is 16.3. The van der Waals surface area contributed by atoms with Gasteiger partial charge in [-0.05, 0) is 24.1 Å². The molecule has 0 saturated carbocycles. The molecular formula is C16H14N2O5. The lowest BCUT2D eigenvalue weighted by atomic mass is 9.99. The van der Waals surface area contributed by atoms with Gasteiger partial charge in [0.15, 0.2) is 5.78 Å². The third-order valence-corrected chi connectivity index (χ3v) is 3.33. The number of nitro groups is 1. The first-order chi connectivity index (χ1) is 10.9. The maximum Gasteiger partial charge on any atom is 0.320 e. The molecule has 1 atom stereocenters. The molecule has 0 bridgehead atoms. The third kappa shape index (κ3) is 3.98. The lowest BCUT2D eigenvalue weighted by Gasteiger charge is -2.07. The normalized spacial score (nSPS) is 11.7. The van der Waals surface area contributed by atoms with Crippen molar-refractivity contribution in [3.05, 3.63) is 75.3 Å². The van der Waals surface area contributed by atoms with Gasteiger partial charge in [0.25, 0.3) is 5.69 Å². The van der Waals surface area contributed by atoms with Crippen LogP contribution in [0.3, 0.4) is 0 Å². The van der Waals surface area contributed by atoms with Gasteiger partial charge >= 0.3 is 5.97 Å². The number of nitrogens with two attached hydrogens (primary N) is 1. The number of hydrogen-bond acceptors (Lipinski definition) is 5. The summed E-state index contributed by atoms with van der Waals surface area (Å²) in [6.07, 6.45) is 0.168. The molecule has 0 aliphatic carbocycles. The highest BCUT2D eigenvalue weighted by Crippen LogP contribution is 2.16. The minimum atomic E-state index is -1.09. The van der Waals surface area contributed by atoms with Crippen LogP contribution in [-0.4, -0.2) is 27.8 Å². The van der Waals surface area contributed by atoms with Crippen LogP contribution in [0.15, 0.2) is 48.5 Å². The van der Waals surface area contributed by atoms with Crippen LogP contribution in [0, 0.1) is 10.1 Å². The van der Waals surface area contributed by atoms with E-state index in [0.29, 0.717) is 16.7 Å².